The van der Waals surface area contributed by atoms with Crippen molar-refractivity contribution in [3.63, 3.8) is 0 Å². The van der Waals surface area contributed by atoms with Crippen LogP contribution in [0.2, 0.25) is 0 Å². The Morgan fingerprint density at radius 1 is 0.348 bits per heavy atom. The Balaban J connectivity index is 1.54. The first-order chi connectivity index (χ1) is 22.5. The standard InChI is InChI=1S/C40H26F2N4/c1-23-31(41)29-30(39-33(23)43-35(25-15-7-3-8-16-25)37(45-39)27-19-11-5-12-20-27)32(42)24(2)34-40(29)46-38(28-21-13-6-14-22-28)36(44-34)26-17-9-4-10-18-26/h3-22H,1-2H3. The summed E-state index contributed by atoms with van der Waals surface area (Å²) < 4.78 is 33.6. The molecule has 0 atom stereocenters. The van der Waals surface area contributed by atoms with Gasteiger partial charge in [-0.15, -0.1) is 0 Å². The maximum absolute atomic E-state index is 16.8. The highest BCUT2D eigenvalue weighted by Crippen LogP contribution is 2.42. The zero-order chi connectivity index (χ0) is 31.4. The van der Waals surface area contributed by atoms with E-state index < -0.39 is 11.6 Å². The summed E-state index contributed by atoms with van der Waals surface area (Å²) in [4.78, 5) is 20.2. The van der Waals surface area contributed by atoms with Gasteiger partial charge in [-0.25, -0.2) is 28.7 Å². The lowest BCUT2D eigenvalue weighted by molar-refractivity contribution is 0.622. The molecule has 8 rings (SSSR count). The largest absolute Gasteiger partial charge is 0.243 e. The highest BCUT2D eigenvalue weighted by molar-refractivity contribution is 6.17. The monoisotopic (exact) mass is 600 g/mol. The molecular weight excluding hydrogens is 574 g/mol. The molecule has 8 aromatic rings. The number of halogens is 2. The summed E-state index contributed by atoms with van der Waals surface area (Å²) in [5, 5.41) is 0.0985. The molecule has 0 radical (unpaired) electrons. The summed E-state index contributed by atoms with van der Waals surface area (Å²) in [6.45, 7) is 3.33. The second-order valence-corrected chi connectivity index (χ2v) is 11.3. The molecule has 0 amide bonds. The van der Waals surface area contributed by atoms with Crippen LogP contribution < -0.4 is 0 Å². The molecule has 2 aromatic heterocycles. The Morgan fingerprint density at radius 2 is 0.587 bits per heavy atom. The number of benzene rings is 6. The molecule has 46 heavy (non-hydrogen) atoms. The van der Waals surface area contributed by atoms with E-state index in [4.69, 9.17) is 19.9 Å². The summed E-state index contributed by atoms with van der Waals surface area (Å²) in [5.41, 5.74) is 7.37. The minimum Gasteiger partial charge on any atom is -0.243 e. The zero-order valence-electron chi connectivity index (χ0n) is 25.1. The van der Waals surface area contributed by atoms with E-state index in [1.807, 2.05) is 121 Å². The molecule has 4 nitrogen and oxygen atoms in total. The second kappa shape index (κ2) is 10.9. The van der Waals surface area contributed by atoms with E-state index in [0.717, 1.165) is 22.3 Å². The van der Waals surface area contributed by atoms with Crippen molar-refractivity contribution in [2.75, 3.05) is 0 Å². The van der Waals surface area contributed by atoms with Crippen molar-refractivity contribution in [2.45, 2.75) is 13.8 Å². The molecule has 0 aliphatic heterocycles. The Kier molecular flexibility index (Phi) is 6.57. The molecule has 0 unspecified atom stereocenters. The lowest BCUT2D eigenvalue weighted by Gasteiger charge is -2.18. The van der Waals surface area contributed by atoms with Gasteiger partial charge in [0.2, 0.25) is 0 Å². The molecule has 6 heteroatoms. The molecule has 6 aromatic carbocycles. The molecule has 0 saturated carbocycles. The third-order valence-electron chi connectivity index (χ3n) is 8.51. The summed E-state index contributed by atoms with van der Waals surface area (Å²) in [7, 11) is 0. The first-order valence-electron chi connectivity index (χ1n) is 15.1. The maximum Gasteiger partial charge on any atom is 0.138 e. The van der Waals surface area contributed by atoms with Crippen LogP contribution in [0.3, 0.4) is 0 Å². The SMILES string of the molecule is Cc1c(F)c2c3nc(-c4ccccc4)c(-c4ccccc4)nc3c(C)c(F)c2c2nc(-c3ccccc3)c(-c3ccccc3)nc12. The highest BCUT2D eigenvalue weighted by atomic mass is 19.1. The molecule has 0 fully saturated rings. The van der Waals surface area contributed by atoms with Crippen molar-refractivity contribution in [3.05, 3.63) is 144 Å². The van der Waals surface area contributed by atoms with Gasteiger partial charge in [0.1, 0.15) is 22.7 Å². The van der Waals surface area contributed by atoms with Gasteiger partial charge in [-0.3, -0.25) is 0 Å². The Labute approximate surface area is 264 Å². The van der Waals surface area contributed by atoms with E-state index in [1.54, 1.807) is 13.8 Å². The van der Waals surface area contributed by atoms with Crippen LogP contribution in [0.25, 0.3) is 77.9 Å². The van der Waals surface area contributed by atoms with E-state index in [0.29, 0.717) is 33.8 Å². The molecule has 0 aliphatic rings. The molecule has 0 N–H and O–H groups in total. The number of nitrogens with zero attached hydrogens (tertiary/aromatic N) is 4. The molecule has 0 bridgehead atoms. The van der Waals surface area contributed by atoms with Gasteiger partial charge in [-0.2, -0.15) is 0 Å². The maximum atomic E-state index is 16.8. The second-order valence-electron chi connectivity index (χ2n) is 11.3. The Bertz CT molecular complexity index is 2260. The summed E-state index contributed by atoms with van der Waals surface area (Å²) in [6, 6.07) is 38.6. The Hall–Kier alpha value is -5.88. The van der Waals surface area contributed by atoms with Crippen molar-refractivity contribution in [1.82, 2.24) is 19.9 Å². The van der Waals surface area contributed by atoms with Crippen LogP contribution in [-0.4, -0.2) is 19.9 Å². The van der Waals surface area contributed by atoms with Crippen molar-refractivity contribution in [3.8, 4) is 45.0 Å². The highest BCUT2D eigenvalue weighted by Gasteiger charge is 2.27. The van der Waals surface area contributed by atoms with E-state index in [9.17, 15) is 0 Å². The number of fused-ring (bicyclic) bond motifs is 5. The van der Waals surface area contributed by atoms with E-state index >= 15 is 8.78 Å². The van der Waals surface area contributed by atoms with Crippen molar-refractivity contribution in [1.29, 1.82) is 0 Å². The molecular formula is C40H26F2N4. The summed E-state index contributed by atoms with van der Waals surface area (Å²) >= 11 is 0. The van der Waals surface area contributed by atoms with Crippen molar-refractivity contribution in [2.24, 2.45) is 0 Å². The van der Waals surface area contributed by atoms with Gasteiger partial charge in [0.05, 0.1) is 44.6 Å². The average Bonchev–Trinajstić information content (AvgIpc) is 3.12. The summed E-state index contributed by atoms with van der Waals surface area (Å²) in [6.07, 6.45) is 0. The van der Waals surface area contributed by atoms with Crippen molar-refractivity contribution < 1.29 is 8.78 Å². The fourth-order valence-corrected chi connectivity index (χ4v) is 6.18. The minimum atomic E-state index is -0.590. The van der Waals surface area contributed by atoms with Gasteiger partial charge in [0.25, 0.3) is 0 Å². The van der Waals surface area contributed by atoms with E-state index in [-0.39, 0.29) is 32.9 Å². The zero-order valence-corrected chi connectivity index (χ0v) is 25.1. The molecule has 0 spiro atoms. The normalized spacial score (nSPS) is 11.5. The topological polar surface area (TPSA) is 51.6 Å². The molecule has 0 saturated heterocycles. The third kappa shape index (κ3) is 4.33. The predicted octanol–water partition coefficient (Wildman–Crippen LogP) is 10.3. The molecule has 0 aliphatic carbocycles. The average molecular weight is 601 g/mol. The number of aromatic nitrogens is 4. The van der Waals surface area contributed by atoms with Crippen LogP contribution in [0.1, 0.15) is 11.1 Å². The van der Waals surface area contributed by atoms with Gasteiger partial charge < -0.3 is 0 Å². The van der Waals surface area contributed by atoms with Crippen molar-refractivity contribution >= 4 is 32.8 Å². The number of hydrogen-bond donors (Lipinski definition) is 0. The van der Waals surface area contributed by atoms with Crippen LogP contribution >= 0.6 is 0 Å². The smallest absolute Gasteiger partial charge is 0.138 e. The van der Waals surface area contributed by atoms with Crippen LogP contribution in [0.5, 0.6) is 0 Å². The first-order valence-corrected chi connectivity index (χ1v) is 15.1. The van der Waals surface area contributed by atoms with Gasteiger partial charge in [-0.05, 0) is 13.8 Å². The quantitative estimate of drug-likeness (QED) is 0.189. The number of hydrogen-bond acceptors (Lipinski definition) is 4. The predicted molar refractivity (Wildman–Crippen MR) is 181 cm³/mol. The van der Waals surface area contributed by atoms with Crippen LogP contribution in [-0.2, 0) is 0 Å². The lowest BCUT2D eigenvalue weighted by atomic mass is 9.96. The van der Waals surface area contributed by atoms with Gasteiger partial charge >= 0.3 is 0 Å². The molecule has 220 valence electrons. The fraction of sp³-hybridized carbons (Fsp3) is 0.0500. The minimum absolute atomic E-state index is 0.0492. The summed E-state index contributed by atoms with van der Waals surface area (Å²) in [5.74, 6) is -1.18. The first kappa shape index (κ1) is 27.7. The number of aryl methyl sites for hydroxylation is 2. The van der Waals surface area contributed by atoms with Crippen LogP contribution in [0.15, 0.2) is 121 Å². The van der Waals surface area contributed by atoms with E-state index in [1.165, 1.54) is 0 Å². The lowest BCUT2D eigenvalue weighted by Crippen LogP contribution is -2.05. The van der Waals surface area contributed by atoms with Crippen LogP contribution in [0.4, 0.5) is 8.78 Å². The fourth-order valence-electron chi connectivity index (χ4n) is 6.18. The Morgan fingerprint density at radius 3 is 0.848 bits per heavy atom. The molecule has 2 heterocycles. The van der Waals surface area contributed by atoms with E-state index in [2.05, 4.69) is 0 Å². The van der Waals surface area contributed by atoms with Gasteiger partial charge in [0, 0.05) is 33.4 Å². The van der Waals surface area contributed by atoms with Gasteiger partial charge in [0.15, 0.2) is 0 Å². The van der Waals surface area contributed by atoms with Gasteiger partial charge in [-0.1, -0.05) is 121 Å². The third-order valence-corrected chi connectivity index (χ3v) is 8.51. The van der Waals surface area contributed by atoms with Crippen LogP contribution in [0, 0.1) is 25.5 Å². The number of rotatable bonds is 4.